The highest BCUT2D eigenvalue weighted by molar-refractivity contribution is 7.13. The molecule has 0 saturated carbocycles. The van der Waals surface area contributed by atoms with Crippen molar-refractivity contribution in [3.63, 3.8) is 0 Å². The van der Waals surface area contributed by atoms with Gasteiger partial charge in [0, 0.05) is 16.5 Å². The molecule has 26 heavy (non-hydrogen) atoms. The molecule has 1 amide bonds. The number of carboxylic acids is 1. The third-order valence-corrected chi connectivity index (χ3v) is 4.87. The molecular formula is C20H17N2O3S-. The summed E-state index contributed by atoms with van der Waals surface area (Å²) in [5, 5.41) is 16.5. The van der Waals surface area contributed by atoms with E-state index in [2.05, 4.69) is 10.3 Å². The van der Waals surface area contributed by atoms with Crippen molar-refractivity contribution in [2.75, 3.05) is 0 Å². The summed E-state index contributed by atoms with van der Waals surface area (Å²) in [7, 11) is 0. The molecule has 0 aliphatic carbocycles. The maximum atomic E-state index is 12.4. The summed E-state index contributed by atoms with van der Waals surface area (Å²) in [5.74, 6) is -1.37. The van der Waals surface area contributed by atoms with Crippen LogP contribution in [0.25, 0.3) is 10.6 Å². The van der Waals surface area contributed by atoms with Crippen molar-refractivity contribution >= 4 is 23.2 Å². The van der Waals surface area contributed by atoms with E-state index in [4.69, 9.17) is 0 Å². The number of nitrogens with zero attached hydrogens (tertiary/aromatic N) is 1. The Morgan fingerprint density at radius 1 is 1.00 bits per heavy atom. The number of amides is 1. The number of benzene rings is 2. The highest BCUT2D eigenvalue weighted by atomic mass is 32.1. The van der Waals surface area contributed by atoms with Crippen LogP contribution in [0.5, 0.6) is 0 Å². The SMILES string of the molecule is CC(C)(NC(=O)c1ccccc1)c1csc(-c2ccc(C(=O)[O-])cc2)n1. The minimum atomic E-state index is -1.21. The number of carbonyl (C=O) groups is 2. The summed E-state index contributed by atoms with van der Waals surface area (Å²) in [6, 6.07) is 15.4. The number of nitrogens with one attached hydrogen (secondary N) is 1. The highest BCUT2D eigenvalue weighted by Gasteiger charge is 2.26. The van der Waals surface area contributed by atoms with Crippen LogP contribution in [0.4, 0.5) is 0 Å². The average molecular weight is 365 g/mol. The van der Waals surface area contributed by atoms with Crippen LogP contribution in [0.2, 0.25) is 0 Å². The molecule has 0 atom stereocenters. The van der Waals surface area contributed by atoms with Crippen molar-refractivity contribution in [1.29, 1.82) is 0 Å². The summed E-state index contributed by atoms with van der Waals surface area (Å²) >= 11 is 1.44. The van der Waals surface area contributed by atoms with Crippen LogP contribution in [-0.4, -0.2) is 16.9 Å². The van der Waals surface area contributed by atoms with Gasteiger partial charge in [0.15, 0.2) is 0 Å². The van der Waals surface area contributed by atoms with Crippen molar-refractivity contribution in [3.05, 3.63) is 76.8 Å². The first-order valence-electron chi connectivity index (χ1n) is 8.02. The van der Waals surface area contributed by atoms with Crippen LogP contribution in [-0.2, 0) is 5.54 Å². The molecule has 0 aliphatic heterocycles. The summed E-state index contributed by atoms with van der Waals surface area (Å²) in [4.78, 5) is 27.9. The number of rotatable bonds is 5. The first kappa shape index (κ1) is 17.8. The van der Waals surface area contributed by atoms with Crippen LogP contribution in [0, 0.1) is 0 Å². The number of aromatic carboxylic acids is 1. The van der Waals surface area contributed by atoms with Gasteiger partial charge in [-0.05, 0) is 31.5 Å². The molecule has 5 nitrogen and oxygen atoms in total. The zero-order valence-electron chi connectivity index (χ0n) is 14.4. The molecule has 1 heterocycles. The van der Waals surface area contributed by atoms with E-state index in [0.29, 0.717) is 5.56 Å². The lowest BCUT2D eigenvalue weighted by Crippen LogP contribution is -2.41. The molecule has 0 fully saturated rings. The Bertz CT molecular complexity index is 931. The van der Waals surface area contributed by atoms with E-state index < -0.39 is 11.5 Å². The van der Waals surface area contributed by atoms with Gasteiger partial charge in [-0.3, -0.25) is 4.79 Å². The lowest BCUT2D eigenvalue weighted by atomic mass is 10.0. The fourth-order valence-electron chi connectivity index (χ4n) is 2.45. The van der Waals surface area contributed by atoms with Gasteiger partial charge in [0.05, 0.1) is 17.2 Å². The standard InChI is InChI=1S/C20H18N2O3S/c1-20(2,22-17(23)13-6-4-3-5-7-13)16-12-26-18(21-16)14-8-10-15(11-9-14)19(24)25/h3-12H,1-2H3,(H,22,23)(H,24,25)/p-1. The van der Waals surface area contributed by atoms with Crippen LogP contribution in [0.3, 0.4) is 0 Å². The smallest absolute Gasteiger partial charge is 0.252 e. The monoisotopic (exact) mass is 365 g/mol. The molecule has 3 aromatic rings. The number of hydrogen-bond acceptors (Lipinski definition) is 5. The first-order chi connectivity index (χ1) is 12.4. The van der Waals surface area contributed by atoms with Gasteiger partial charge in [-0.1, -0.05) is 42.5 Å². The Kier molecular flexibility index (Phi) is 4.86. The number of carbonyl (C=O) groups excluding carboxylic acids is 2. The van der Waals surface area contributed by atoms with E-state index in [0.717, 1.165) is 16.3 Å². The Morgan fingerprint density at radius 2 is 1.65 bits per heavy atom. The second-order valence-corrected chi connectivity index (χ2v) is 7.21. The average Bonchev–Trinajstić information content (AvgIpc) is 3.13. The zero-order valence-corrected chi connectivity index (χ0v) is 15.2. The molecule has 0 unspecified atom stereocenters. The van der Waals surface area contributed by atoms with Crippen LogP contribution in [0.15, 0.2) is 60.0 Å². The molecule has 132 valence electrons. The molecule has 0 radical (unpaired) electrons. The van der Waals surface area contributed by atoms with E-state index in [9.17, 15) is 14.7 Å². The molecule has 0 aliphatic rings. The van der Waals surface area contributed by atoms with Crippen molar-refractivity contribution in [2.45, 2.75) is 19.4 Å². The molecule has 0 bridgehead atoms. The van der Waals surface area contributed by atoms with Crippen molar-refractivity contribution < 1.29 is 14.7 Å². The van der Waals surface area contributed by atoms with Crippen molar-refractivity contribution in [3.8, 4) is 10.6 Å². The van der Waals surface area contributed by atoms with E-state index >= 15 is 0 Å². The van der Waals surface area contributed by atoms with Gasteiger partial charge in [0.2, 0.25) is 0 Å². The third-order valence-electron chi connectivity index (χ3n) is 3.97. The zero-order chi connectivity index (χ0) is 18.7. The maximum absolute atomic E-state index is 12.4. The minimum absolute atomic E-state index is 0.126. The molecule has 6 heteroatoms. The second kappa shape index (κ2) is 7.09. The van der Waals surface area contributed by atoms with Gasteiger partial charge in [-0.2, -0.15) is 0 Å². The van der Waals surface area contributed by atoms with Gasteiger partial charge in [0.25, 0.3) is 5.91 Å². The Labute approximate surface area is 155 Å². The second-order valence-electron chi connectivity index (χ2n) is 6.35. The highest BCUT2D eigenvalue weighted by Crippen LogP contribution is 2.29. The van der Waals surface area contributed by atoms with Crippen LogP contribution in [0.1, 0.15) is 40.3 Å². The first-order valence-corrected chi connectivity index (χ1v) is 8.90. The summed E-state index contributed by atoms with van der Waals surface area (Å²) in [6.07, 6.45) is 0. The maximum Gasteiger partial charge on any atom is 0.252 e. The topological polar surface area (TPSA) is 82.1 Å². The van der Waals surface area contributed by atoms with Gasteiger partial charge in [0.1, 0.15) is 5.01 Å². The number of thiazole rings is 1. The molecular weight excluding hydrogens is 348 g/mol. The lowest BCUT2D eigenvalue weighted by molar-refractivity contribution is -0.255. The van der Waals surface area contributed by atoms with Gasteiger partial charge < -0.3 is 15.2 Å². The van der Waals surface area contributed by atoms with E-state index in [1.54, 1.807) is 24.3 Å². The molecule has 1 N–H and O–H groups in total. The third kappa shape index (κ3) is 3.81. The summed E-state index contributed by atoms with van der Waals surface area (Å²) < 4.78 is 0. The van der Waals surface area contributed by atoms with Gasteiger partial charge in [-0.25, -0.2) is 4.98 Å². The Balaban J connectivity index is 1.79. The lowest BCUT2D eigenvalue weighted by Gasteiger charge is -2.24. The minimum Gasteiger partial charge on any atom is -0.545 e. The van der Waals surface area contributed by atoms with Gasteiger partial charge >= 0.3 is 0 Å². The summed E-state index contributed by atoms with van der Waals surface area (Å²) in [5.41, 5.74) is 1.63. The quantitative estimate of drug-likeness (QED) is 0.754. The number of aromatic nitrogens is 1. The largest absolute Gasteiger partial charge is 0.545 e. The van der Waals surface area contributed by atoms with Gasteiger partial charge in [-0.15, -0.1) is 11.3 Å². The fraction of sp³-hybridized carbons (Fsp3) is 0.150. The Hall–Kier alpha value is -2.99. The predicted molar refractivity (Wildman–Crippen MR) is 98.8 cm³/mol. The molecule has 0 spiro atoms. The molecule has 0 saturated heterocycles. The van der Waals surface area contributed by atoms with E-state index in [-0.39, 0.29) is 11.5 Å². The van der Waals surface area contributed by atoms with Crippen molar-refractivity contribution in [2.24, 2.45) is 0 Å². The van der Waals surface area contributed by atoms with Crippen LogP contribution < -0.4 is 10.4 Å². The van der Waals surface area contributed by atoms with E-state index in [1.807, 2.05) is 37.4 Å². The Morgan fingerprint density at radius 3 is 2.27 bits per heavy atom. The van der Waals surface area contributed by atoms with E-state index in [1.165, 1.54) is 23.5 Å². The number of hydrogen-bond donors (Lipinski definition) is 1. The predicted octanol–water partition coefficient (Wildman–Crippen LogP) is 2.84. The van der Waals surface area contributed by atoms with Crippen LogP contribution >= 0.6 is 11.3 Å². The number of carboxylic acid groups (broad SMARTS) is 1. The van der Waals surface area contributed by atoms with Crippen molar-refractivity contribution in [1.82, 2.24) is 10.3 Å². The normalized spacial score (nSPS) is 11.2. The molecule has 1 aromatic heterocycles. The summed E-state index contributed by atoms with van der Waals surface area (Å²) in [6.45, 7) is 3.79. The molecule has 2 aromatic carbocycles. The molecule has 3 rings (SSSR count). The fourth-order valence-corrected chi connectivity index (χ4v) is 3.45.